The topological polar surface area (TPSA) is 35.5 Å². The van der Waals surface area contributed by atoms with Crippen molar-refractivity contribution in [3.63, 3.8) is 0 Å². The van der Waals surface area contributed by atoms with Crippen LogP contribution in [0.4, 0.5) is 0 Å². The molecule has 0 amide bonds. The van der Waals surface area contributed by atoms with E-state index in [9.17, 15) is 4.79 Å². The molecule has 21 heavy (non-hydrogen) atoms. The summed E-state index contributed by atoms with van der Waals surface area (Å²) >= 11 is 3.36. The van der Waals surface area contributed by atoms with E-state index in [4.69, 9.17) is 9.47 Å². The summed E-state index contributed by atoms with van der Waals surface area (Å²) in [6, 6.07) is 10.9. The quantitative estimate of drug-likeness (QED) is 0.594. The van der Waals surface area contributed by atoms with Crippen LogP contribution >= 0.6 is 15.9 Å². The Labute approximate surface area is 133 Å². The van der Waals surface area contributed by atoms with Crippen LogP contribution in [0.25, 0.3) is 0 Å². The van der Waals surface area contributed by atoms with Crippen LogP contribution in [0.5, 0.6) is 11.5 Å². The van der Waals surface area contributed by atoms with Crippen molar-refractivity contribution in [2.24, 2.45) is 0 Å². The molecule has 0 aliphatic heterocycles. The average Bonchev–Trinajstić information content (AvgIpc) is 2.45. The van der Waals surface area contributed by atoms with Crippen LogP contribution in [0.15, 0.2) is 40.9 Å². The highest BCUT2D eigenvalue weighted by atomic mass is 79.9. The van der Waals surface area contributed by atoms with Crippen molar-refractivity contribution in [2.45, 2.75) is 20.8 Å². The second kappa shape index (κ2) is 6.76. The molecule has 0 N–H and O–H groups in total. The molecule has 0 aromatic heterocycles. The lowest BCUT2D eigenvalue weighted by Gasteiger charge is -2.11. The molecular weight excluding hydrogens is 332 g/mol. The summed E-state index contributed by atoms with van der Waals surface area (Å²) in [4.78, 5) is 12.3. The van der Waals surface area contributed by atoms with Gasteiger partial charge in [-0.1, -0.05) is 22.0 Å². The standard InChI is InChI=1S/C17H17BrO3/c1-4-20-16-8-6-13(18)10-15(16)17(19)21-14-7-5-11(2)12(3)9-14/h5-10H,4H2,1-3H3. The van der Waals surface area contributed by atoms with Crippen molar-refractivity contribution in [1.82, 2.24) is 0 Å². The van der Waals surface area contributed by atoms with Crippen LogP contribution < -0.4 is 9.47 Å². The molecule has 110 valence electrons. The molecule has 0 fully saturated rings. The van der Waals surface area contributed by atoms with Crippen molar-refractivity contribution in [3.05, 3.63) is 57.6 Å². The summed E-state index contributed by atoms with van der Waals surface area (Å²) < 4.78 is 11.7. The second-order valence-electron chi connectivity index (χ2n) is 4.71. The van der Waals surface area contributed by atoms with Gasteiger partial charge < -0.3 is 9.47 Å². The SMILES string of the molecule is CCOc1ccc(Br)cc1C(=O)Oc1ccc(C)c(C)c1. The minimum Gasteiger partial charge on any atom is -0.493 e. The highest BCUT2D eigenvalue weighted by molar-refractivity contribution is 9.10. The molecule has 0 unspecified atom stereocenters. The predicted molar refractivity (Wildman–Crippen MR) is 86.2 cm³/mol. The van der Waals surface area contributed by atoms with Crippen LogP contribution in [-0.2, 0) is 0 Å². The fourth-order valence-corrected chi connectivity index (χ4v) is 2.24. The summed E-state index contributed by atoms with van der Waals surface area (Å²) in [5, 5.41) is 0. The Kier molecular flexibility index (Phi) is 5.02. The zero-order chi connectivity index (χ0) is 15.4. The number of carbonyl (C=O) groups excluding carboxylic acids is 1. The molecule has 0 radical (unpaired) electrons. The molecule has 0 bridgehead atoms. The molecule has 2 aromatic carbocycles. The maximum Gasteiger partial charge on any atom is 0.347 e. The van der Waals surface area contributed by atoms with E-state index in [1.807, 2.05) is 39.0 Å². The van der Waals surface area contributed by atoms with E-state index in [2.05, 4.69) is 15.9 Å². The molecule has 2 rings (SSSR count). The van der Waals surface area contributed by atoms with Crippen molar-refractivity contribution in [1.29, 1.82) is 0 Å². The maximum atomic E-state index is 12.3. The number of ether oxygens (including phenoxy) is 2. The van der Waals surface area contributed by atoms with E-state index in [0.717, 1.165) is 15.6 Å². The van der Waals surface area contributed by atoms with Crippen LogP contribution in [0.3, 0.4) is 0 Å². The first kappa shape index (κ1) is 15.6. The Morgan fingerprint density at radius 3 is 2.52 bits per heavy atom. The number of hydrogen-bond acceptors (Lipinski definition) is 3. The second-order valence-corrected chi connectivity index (χ2v) is 5.62. The van der Waals surface area contributed by atoms with Crippen LogP contribution in [0, 0.1) is 13.8 Å². The Morgan fingerprint density at radius 2 is 1.86 bits per heavy atom. The molecular formula is C17H17BrO3. The van der Waals surface area contributed by atoms with Gasteiger partial charge in [0.15, 0.2) is 0 Å². The Morgan fingerprint density at radius 1 is 1.10 bits per heavy atom. The average molecular weight is 349 g/mol. The normalized spacial score (nSPS) is 10.3. The van der Waals surface area contributed by atoms with E-state index in [-0.39, 0.29) is 0 Å². The van der Waals surface area contributed by atoms with Crippen LogP contribution in [0.1, 0.15) is 28.4 Å². The zero-order valence-electron chi connectivity index (χ0n) is 12.3. The third kappa shape index (κ3) is 3.85. The molecule has 0 heterocycles. The monoisotopic (exact) mass is 348 g/mol. The number of benzene rings is 2. The third-order valence-electron chi connectivity index (χ3n) is 3.15. The minimum absolute atomic E-state index is 0.407. The lowest BCUT2D eigenvalue weighted by atomic mass is 10.1. The molecule has 2 aromatic rings. The van der Waals surface area contributed by atoms with Crippen molar-refractivity contribution < 1.29 is 14.3 Å². The van der Waals surface area contributed by atoms with Gasteiger partial charge in [-0.05, 0) is 62.2 Å². The minimum atomic E-state index is -0.428. The summed E-state index contributed by atoms with van der Waals surface area (Å²) in [5.74, 6) is 0.628. The molecule has 0 saturated carbocycles. The molecule has 0 aliphatic carbocycles. The summed E-state index contributed by atoms with van der Waals surface area (Å²) in [7, 11) is 0. The largest absolute Gasteiger partial charge is 0.493 e. The van der Waals surface area contributed by atoms with Gasteiger partial charge in [0.25, 0.3) is 0 Å². The third-order valence-corrected chi connectivity index (χ3v) is 3.64. The summed E-state index contributed by atoms with van der Waals surface area (Å²) in [6.07, 6.45) is 0. The number of halogens is 1. The smallest absolute Gasteiger partial charge is 0.347 e. The van der Waals surface area contributed by atoms with Crippen molar-refractivity contribution in [2.75, 3.05) is 6.61 Å². The van der Waals surface area contributed by atoms with E-state index < -0.39 is 5.97 Å². The Bertz CT molecular complexity index is 665. The van der Waals surface area contributed by atoms with E-state index in [1.54, 1.807) is 18.2 Å². The first-order valence-corrected chi connectivity index (χ1v) is 7.52. The first-order chi connectivity index (χ1) is 10.0. The van der Waals surface area contributed by atoms with Gasteiger partial charge in [0.1, 0.15) is 17.1 Å². The maximum absolute atomic E-state index is 12.3. The molecule has 0 saturated heterocycles. The number of rotatable bonds is 4. The highest BCUT2D eigenvalue weighted by Gasteiger charge is 2.16. The lowest BCUT2D eigenvalue weighted by Crippen LogP contribution is -2.11. The molecule has 0 spiro atoms. The van der Waals surface area contributed by atoms with Gasteiger partial charge in [0.05, 0.1) is 6.61 Å². The fourth-order valence-electron chi connectivity index (χ4n) is 1.88. The van der Waals surface area contributed by atoms with Crippen LogP contribution in [-0.4, -0.2) is 12.6 Å². The van der Waals surface area contributed by atoms with Gasteiger partial charge in [-0.2, -0.15) is 0 Å². The van der Waals surface area contributed by atoms with Gasteiger partial charge in [-0.25, -0.2) is 4.79 Å². The number of aryl methyl sites for hydroxylation is 2. The Hall–Kier alpha value is -1.81. The van der Waals surface area contributed by atoms with Gasteiger partial charge >= 0.3 is 5.97 Å². The van der Waals surface area contributed by atoms with E-state index in [1.165, 1.54) is 0 Å². The van der Waals surface area contributed by atoms with Gasteiger partial charge in [-0.3, -0.25) is 0 Å². The Balaban J connectivity index is 2.27. The molecule has 3 nitrogen and oxygen atoms in total. The fraction of sp³-hybridized carbons (Fsp3) is 0.235. The number of carbonyl (C=O) groups is 1. The predicted octanol–water partition coefficient (Wildman–Crippen LogP) is 4.68. The van der Waals surface area contributed by atoms with Crippen LogP contribution in [0.2, 0.25) is 0 Å². The first-order valence-electron chi connectivity index (χ1n) is 6.73. The van der Waals surface area contributed by atoms with Gasteiger partial charge in [-0.15, -0.1) is 0 Å². The molecule has 0 aliphatic rings. The number of esters is 1. The van der Waals surface area contributed by atoms with Crippen molar-refractivity contribution >= 4 is 21.9 Å². The molecule has 4 heteroatoms. The molecule has 0 atom stereocenters. The highest BCUT2D eigenvalue weighted by Crippen LogP contribution is 2.25. The lowest BCUT2D eigenvalue weighted by molar-refractivity contribution is 0.0730. The van der Waals surface area contributed by atoms with Gasteiger partial charge in [0.2, 0.25) is 0 Å². The number of hydrogen-bond donors (Lipinski definition) is 0. The van der Waals surface area contributed by atoms with E-state index >= 15 is 0 Å². The summed E-state index contributed by atoms with van der Waals surface area (Å²) in [6.45, 7) is 6.37. The van der Waals surface area contributed by atoms with Crippen molar-refractivity contribution in [3.8, 4) is 11.5 Å². The zero-order valence-corrected chi connectivity index (χ0v) is 13.9. The van der Waals surface area contributed by atoms with Gasteiger partial charge in [0, 0.05) is 4.47 Å². The summed E-state index contributed by atoms with van der Waals surface area (Å²) in [5.41, 5.74) is 2.65. The van der Waals surface area contributed by atoms with E-state index in [0.29, 0.717) is 23.7 Å².